The summed E-state index contributed by atoms with van der Waals surface area (Å²) in [6, 6.07) is 5.10. The van der Waals surface area contributed by atoms with Gasteiger partial charge in [-0.15, -0.1) is 0 Å². The molecular weight excluding hydrogens is 271 g/mol. The van der Waals surface area contributed by atoms with Gasteiger partial charge in [-0.2, -0.15) is 0 Å². The van der Waals surface area contributed by atoms with E-state index in [2.05, 4.69) is 21.4 Å². The molecule has 2 rings (SSSR count). The van der Waals surface area contributed by atoms with Gasteiger partial charge in [0.2, 0.25) is 0 Å². The quantitative estimate of drug-likeness (QED) is 0.661. The minimum Gasteiger partial charge on any atom is -0.271 e. The van der Waals surface area contributed by atoms with Crippen molar-refractivity contribution in [3.63, 3.8) is 0 Å². The van der Waals surface area contributed by atoms with Crippen LogP contribution < -0.4 is 11.3 Å². The Morgan fingerprint density at radius 3 is 2.62 bits per heavy atom. The fraction of sp³-hybridized carbons (Fsp3) is 0.500. The summed E-state index contributed by atoms with van der Waals surface area (Å²) in [7, 11) is 0. The van der Waals surface area contributed by atoms with Gasteiger partial charge < -0.3 is 0 Å². The van der Waals surface area contributed by atoms with Crippen LogP contribution in [0.15, 0.2) is 22.7 Å². The van der Waals surface area contributed by atoms with Crippen molar-refractivity contribution in [3.8, 4) is 0 Å². The van der Waals surface area contributed by atoms with E-state index in [0.717, 1.165) is 17.3 Å². The molecule has 0 radical (unpaired) electrons. The molecule has 0 saturated heterocycles. The second kappa shape index (κ2) is 5.25. The normalized spacial score (nSPS) is 18.9. The average Bonchev–Trinajstić information content (AvgIpc) is 2.75. The average molecular weight is 287 g/mol. The maximum atomic E-state index is 13.8. The Labute approximate surface area is 104 Å². The zero-order valence-electron chi connectivity index (χ0n) is 9.05. The summed E-state index contributed by atoms with van der Waals surface area (Å²) in [4.78, 5) is 0. The first-order chi connectivity index (χ1) is 7.72. The summed E-state index contributed by atoms with van der Waals surface area (Å²) in [5.41, 5.74) is 3.44. The molecule has 1 atom stereocenters. The zero-order chi connectivity index (χ0) is 11.5. The minimum absolute atomic E-state index is 0.0596. The highest BCUT2D eigenvalue weighted by Gasteiger charge is 2.27. The first kappa shape index (κ1) is 12.0. The van der Waals surface area contributed by atoms with Crippen LogP contribution in [0.1, 0.15) is 37.3 Å². The number of nitrogens with two attached hydrogens (primary N) is 1. The van der Waals surface area contributed by atoms with Gasteiger partial charge in [0.25, 0.3) is 0 Å². The van der Waals surface area contributed by atoms with Gasteiger partial charge in [-0.1, -0.05) is 34.8 Å². The Balaban J connectivity index is 2.25. The Bertz CT molecular complexity index is 364. The summed E-state index contributed by atoms with van der Waals surface area (Å²) in [6.07, 6.45) is 4.71. The van der Waals surface area contributed by atoms with Crippen LogP contribution in [-0.4, -0.2) is 0 Å². The Kier molecular flexibility index (Phi) is 3.95. The van der Waals surface area contributed by atoms with E-state index in [0.29, 0.717) is 11.5 Å². The third-order valence-corrected chi connectivity index (χ3v) is 3.84. The second-order valence-electron chi connectivity index (χ2n) is 4.35. The molecule has 1 saturated carbocycles. The highest BCUT2D eigenvalue weighted by molar-refractivity contribution is 9.10. The molecule has 16 heavy (non-hydrogen) atoms. The lowest BCUT2D eigenvalue weighted by atomic mass is 9.92. The molecule has 0 amide bonds. The first-order valence-corrected chi connectivity index (χ1v) is 6.42. The molecule has 0 aromatic heterocycles. The van der Waals surface area contributed by atoms with Crippen molar-refractivity contribution in [2.24, 2.45) is 11.8 Å². The molecule has 0 aliphatic heterocycles. The molecule has 3 N–H and O–H groups in total. The van der Waals surface area contributed by atoms with E-state index >= 15 is 0 Å². The van der Waals surface area contributed by atoms with Crippen molar-refractivity contribution >= 4 is 15.9 Å². The third kappa shape index (κ3) is 2.44. The molecule has 1 aromatic rings. The number of halogens is 2. The molecule has 0 heterocycles. The van der Waals surface area contributed by atoms with Crippen LogP contribution in [0, 0.1) is 11.7 Å². The monoisotopic (exact) mass is 286 g/mol. The zero-order valence-corrected chi connectivity index (χ0v) is 10.6. The molecule has 88 valence electrons. The van der Waals surface area contributed by atoms with Gasteiger partial charge in [0, 0.05) is 10.0 Å². The number of hydrogen-bond donors (Lipinski definition) is 2. The molecule has 1 fully saturated rings. The van der Waals surface area contributed by atoms with Crippen LogP contribution in [0.4, 0.5) is 4.39 Å². The van der Waals surface area contributed by atoms with Crippen molar-refractivity contribution in [2.75, 3.05) is 0 Å². The van der Waals surface area contributed by atoms with Gasteiger partial charge in [0.05, 0.1) is 6.04 Å². The molecule has 2 nitrogen and oxygen atoms in total. The SMILES string of the molecule is NNC(c1ccc(Br)cc1F)C1CCCC1. The van der Waals surface area contributed by atoms with Crippen LogP contribution in [0.5, 0.6) is 0 Å². The second-order valence-corrected chi connectivity index (χ2v) is 5.27. The molecular formula is C12H16BrFN2. The van der Waals surface area contributed by atoms with Crippen molar-refractivity contribution in [2.45, 2.75) is 31.7 Å². The molecule has 0 bridgehead atoms. The van der Waals surface area contributed by atoms with E-state index in [-0.39, 0.29) is 11.9 Å². The lowest BCUT2D eigenvalue weighted by Crippen LogP contribution is -2.33. The summed E-state index contributed by atoms with van der Waals surface area (Å²) in [6.45, 7) is 0. The van der Waals surface area contributed by atoms with Crippen molar-refractivity contribution in [3.05, 3.63) is 34.1 Å². The van der Waals surface area contributed by atoms with Crippen LogP contribution in [0.25, 0.3) is 0 Å². The predicted molar refractivity (Wildman–Crippen MR) is 66.1 cm³/mol. The van der Waals surface area contributed by atoms with E-state index < -0.39 is 0 Å². The lowest BCUT2D eigenvalue weighted by Gasteiger charge is -2.23. The van der Waals surface area contributed by atoms with Gasteiger partial charge >= 0.3 is 0 Å². The van der Waals surface area contributed by atoms with Gasteiger partial charge in [-0.05, 0) is 30.9 Å². The Morgan fingerprint density at radius 1 is 1.38 bits per heavy atom. The first-order valence-electron chi connectivity index (χ1n) is 5.63. The summed E-state index contributed by atoms with van der Waals surface area (Å²) in [5, 5.41) is 0. The molecule has 1 aliphatic carbocycles. The maximum Gasteiger partial charge on any atom is 0.129 e. The summed E-state index contributed by atoms with van der Waals surface area (Å²) < 4.78 is 14.6. The summed E-state index contributed by atoms with van der Waals surface area (Å²) in [5.74, 6) is 5.83. The Hall–Kier alpha value is -0.450. The van der Waals surface area contributed by atoms with Gasteiger partial charge in [-0.3, -0.25) is 11.3 Å². The molecule has 0 spiro atoms. The summed E-state index contributed by atoms with van der Waals surface area (Å²) >= 11 is 3.26. The van der Waals surface area contributed by atoms with Gasteiger partial charge in [0.1, 0.15) is 5.82 Å². The van der Waals surface area contributed by atoms with E-state index in [9.17, 15) is 4.39 Å². The van der Waals surface area contributed by atoms with Crippen molar-refractivity contribution in [1.82, 2.24) is 5.43 Å². The smallest absolute Gasteiger partial charge is 0.129 e. The van der Waals surface area contributed by atoms with E-state index in [4.69, 9.17) is 5.84 Å². The molecule has 4 heteroatoms. The fourth-order valence-corrected chi connectivity index (χ4v) is 2.86. The van der Waals surface area contributed by atoms with Crippen molar-refractivity contribution < 1.29 is 4.39 Å². The third-order valence-electron chi connectivity index (χ3n) is 3.35. The number of rotatable bonds is 3. The van der Waals surface area contributed by atoms with Crippen LogP contribution in [0.3, 0.4) is 0 Å². The van der Waals surface area contributed by atoms with Gasteiger partial charge in [0.15, 0.2) is 0 Å². The minimum atomic E-state index is -0.191. The fourth-order valence-electron chi connectivity index (χ4n) is 2.52. The van der Waals surface area contributed by atoms with E-state index in [1.54, 1.807) is 0 Å². The highest BCUT2D eigenvalue weighted by atomic mass is 79.9. The van der Waals surface area contributed by atoms with E-state index in [1.165, 1.54) is 18.9 Å². The van der Waals surface area contributed by atoms with Gasteiger partial charge in [-0.25, -0.2) is 4.39 Å². The molecule has 1 aromatic carbocycles. The molecule has 1 unspecified atom stereocenters. The van der Waals surface area contributed by atoms with Crippen LogP contribution in [0.2, 0.25) is 0 Å². The number of benzene rings is 1. The largest absolute Gasteiger partial charge is 0.271 e. The number of hydrogen-bond acceptors (Lipinski definition) is 2. The number of hydrazine groups is 1. The van der Waals surface area contributed by atoms with Crippen LogP contribution >= 0.6 is 15.9 Å². The lowest BCUT2D eigenvalue weighted by molar-refractivity contribution is 0.362. The Morgan fingerprint density at radius 2 is 2.06 bits per heavy atom. The van der Waals surface area contributed by atoms with E-state index in [1.807, 2.05) is 12.1 Å². The highest BCUT2D eigenvalue weighted by Crippen LogP contribution is 2.36. The van der Waals surface area contributed by atoms with Crippen LogP contribution in [-0.2, 0) is 0 Å². The number of nitrogens with one attached hydrogen (secondary N) is 1. The topological polar surface area (TPSA) is 38.0 Å². The van der Waals surface area contributed by atoms with Crippen molar-refractivity contribution in [1.29, 1.82) is 0 Å². The maximum absolute atomic E-state index is 13.8. The predicted octanol–water partition coefficient (Wildman–Crippen LogP) is 3.28. The molecule has 1 aliphatic rings. The standard InChI is InChI=1S/C12H16BrFN2/c13-9-5-6-10(11(14)7-9)12(16-15)8-3-1-2-4-8/h5-8,12,16H,1-4,15H2.